The lowest BCUT2D eigenvalue weighted by Gasteiger charge is -2.12. The van der Waals surface area contributed by atoms with Crippen molar-refractivity contribution in [3.63, 3.8) is 0 Å². The molecule has 0 bridgehead atoms. The average molecular weight is 285 g/mol. The second kappa shape index (κ2) is 8.02. The predicted octanol–water partition coefficient (Wildman–Crippen LogP) is 3.39. The molecule has 1 unspecified atom stereocenters. The van der Waals surface area contributed by atoms with Crippen molar-refractivity contribution in [2.75, 3.05) is 6.61 Å². The number of nitrogens with zero attached hydrogens (tertiary/aromatic N) is 1. The maximum absolute atomic E-state index is 8.60. The molecule has 3 N–H and O–H groups in total. The molecule has 0 amide bonds. The molecule has 1 rings (SSSR count). The molecule has 0 aliphatic heterocycles. The Kier molecular flexibility index (Phi) is 6.67. The third-order valence-corrected chi connectivity index (χ3v) is 3.25. The maximum Gasteiger partial charge on any atom is 0.170 e. The highest BCUT2D eigenvalue weighted by atomic mass is 35.5. The van der Waals surface area contributed by atoms with E-state index in [2.05, 4.69) is 19.0 Å². The summed E-state index contributed by atoms with van der Waals surface area (Å²) in [5.41, 5.74) is 6.99. The van der Waals surface area contributed by atoms with E-state index in [9.17, 15) is 0 Å². The van der Waals surface area contributed by atoms with Crippen LogP contribution >= 0.6 is 11.6 Å². The van der Waals surface area contributed by atoms with Gasteiger partial charge in [-0.05, 0) is 24.0 Å². The van der Waals surface area contributed by atoms with Crippen LogP contribution in [0.15, 0.2) is 23.4 Å². The largest absolute Gasteiger partial charge is 0.409 e. The lowest BCUT2D eigenvalue weighted by molar-refractivity contribution is 0.0894. The third-order valence-electron chi connectivity index (χ3n) is 2.90. The monoisotopic (exact) mass is 284 g/mol. The van der Waals surface area contributed by atoms with E-state index in [0.717, 1.165) is 18.6 Å². The minimum Gasteiger partial charge on any atom is -0.409 e. The Morgan fingerprint density at radius 2 is 2.26 bits per heavy atom. The molecule has 0 aliphatic rings. The summed E-state index contributed by atoms with van der Waals surface area (Å²) in [6, 6.07) is 5.26. The average Bonchev–Trinajstić information content (AvgIpc) is 2.40. The summed E-state index contributed by atoms with van der Waals surface area (Å²) in [5.74, 6) is 0.603. The molecule has 106 valence electrons. The lowest BCUT2D eigenvalue weighted by Crippen LogP contribution is -2.13. The molecule has 1 aromatic carbocycles. The Bertz CT molecular complexity index is 435. The predicted molar refractivity (Wildman–Crippen MR) is 77.7 cm³/mol. The van der Waals surface area contributed by atoms with Crippen LogP contribution in [0, 0.1) is 5.92 Å². The number of hydrogen-bond acceptors (Lipinski definition) is 3. The van der Waals surface area contributed by atoms with Crippen LogP contribution in [-0.2, 0) is 11.3 Å². The fraction of sp³-hybridized carbons (Fsp3) is 0.500. The fourth-order valence-electron chi connectivity index (χ4n) is 1.83. The van der Waals surface area contributed by atoms with Crippen LogP contribution in [-0.4, -0.2) is 17.6 Å². The number of rotatable bonds is 7. The van der Waals surface area contributed by atoms with Crippen molar-refractivity contribution in [1.82, 2.24) is 0 Å². The van der Waals surface area contributed by atoms with Crippen LogP contribution < -0.4 is 5.73 Å². The first-order valence-corrected chi connectivity index (χ1v) is 6.80. The Morgan fingerprint density at radius 1 is 1.53 bits per heavy atom. The number of oxime groups is 1. The summed E-state index contributed by atoms with van der Waals surface area (Å²) < 4.78 is 5.65. The van der Waals surface area contributed by atoms with Gasteiger partial charge in [-0.3, -0.25) is 0 Å². The van der Waals surface area contributed by atoms with Gasteiger partial charge in [0.25, 0.3) is 0 Å². The summed E-state index contributed by atoms with van der Waals surface area (Å²) in [4.78, 5) is 0. The van der Waals surface area contributed by atoms with Crippen molar-refractivity contribution < 1.29 is 9.94 Å². The smallest absolute Gasteiger partial charge is 0.170 e. The zero-order valence-corrected chi connectivity index (χ0v) is 12.2. The molecule has 0 saturated heterocycles. The van der Waals surface area contributed by atoms with Crippen molar-refractivity contribution in [3.8, 4) is 0 Å². The first kappa shape index (κ1) is 15.8. The summed E-state index contributed by atoms with van der Waals surface area (Å²) >= 11 is 6.13. The molecule has 0 aromatic heterocycles. The second-order valence-electron chi connectivity index (χ2n) is 4.70. The highest BCUT2D eigenvalue weighted by Gasteiger charge is 2.06. The SMILES string of the molecule is CCCC(C)COCc1ccc(/C(N)=N/O)cc1Cl. The van der Waals surface area contributed by atoms with E-state index in [-0.39, 0.29) is 5.84 Å². The fourth-order valence-corrected chi connectivity index (χ4v) is 2.06. The van der Waals surface area contributed by atoms with Gasteiger partial charge in [0.15, 0.2) is 5.84 Å². The van der Waals surface area contributed by atoms with E-state index in [1.54, 1.807) is 12.1 Å². The van der Waals surface area contributed by atoms with Crippen LogP contribution in [0.1, 0.15) is 37.8 Å². The first-order valence-electron chi connectivity index (χ1n) is 6.42. The first-order chi connectivity index (χ1) is 9.08. The number of amidine groups is 1. The van der Waals surface area contributed by atoms with Crippen LogP contribution in [0.4, 0.5) is 0 Å². The van der Waals surface area contributed by atoms with Crippen LogP contribution in [0.5, 0.6) is 0 Å². The summed E-state index contributed by atoms with van der Waals surface area (Å²) in [7, 11) is 0. The van der Waals surface area contributed by atoms with E-state index in [4.69, 9.17) is 27.3 Å². The van der Waals surface area contributed by atoms with E-state index in [1.807, 2.05) is 6.07 Å². The standard InChI is InChI=1S/C14H21ClN2O2/c1-3-4-10(2)8-19-9-12-6-5-11(7-13(12)15)14(16)17-18/h5-7,10,18H,3-4,8-9H2,1-2H3,(H2,16,17). The summed E-state index contributed by atoms with van der Waals surface area (Å²) in [6.45, 7) is 5.54. The number of ether oxygens (including phenoxy) is 1. The minimum atomic E-state index is 0.0472. The molecule has 1 atom stereocenters. The van der Waals surface area contributed by atoms with Gasteiger partial charge in [0, 0.05) is 17.2 Å². The van der Waals surface area contributed by atoms with Crippen molar-refractivity contribution in [2.45, 2.75) is 33.3 Å². The Balaban J connectivity index is 2.56. The number of benzene rings is 1. The molecule has 19 heavy (non-hydrogen) atoms. The Labute approximate surface area is 119 Å². The van der Waals surface area contributed by atoms with Gasteiger partial charge in [0.2, 0.25) is 0 Å². The van der Waals surface area contributed by atoms with Gasteiger partial charge >= 0.3 is 0 Å². The van der Waals surface area contributed by atoms with Gasteiger partial charge in [-0.1, -0.05) is 49.2 Å². The van der Waals surface area contributed by atoms with Gasteiger partial charge in [-0.15, -0.1) is 0 Å². The van der Waals surface area contributed by atoms with Crippen molar-refractivity contribution in [3.05, 3.63) is 34.3 Å². The molecular weight excluding hydrogens is 264 g/mol. The molecular formula is C14H21ClN2O2. The molecule has 0 spiro atoms. The van der Waals surface area contributed by atoms with Crippen LogP contribution in [0.2, 0.25) is 5.02 Å². The molecule has 5 heteroatoms. The summed E-state index contributed by atoms with van der Waals surface area (Å²) in [6.07, 6.45) is 2.33. The minimum absolute atomic E-state index is 0.0472. The summed E-state index contributed by atoms with van der Waals surface area (Å²) in [5, 5.41) is 12.1. The normalized spacial score (nSPS) is 13.5. The molecule has 0 heterocycles. The van der Waals surface area contributed by atoms with E-state index < -0.39 is 0 Å². The quantitative estimate of drug-likeness (QED) is 0.349. The van der Waals surface area contributed by atoms with Gasteiger partial charge in [0.1, 0.15) is 0 Å². The number of halogens is 1. The number of hydrogen-bond donors (Lipinski definition) is 2. The van der Waals surface area contributed by atoms with E-state index in [1.165, 1.54) is 6.42 Å². The topological polar surface area (TPSA) is 67.8 Å². The second-order valence-corrected chi connectivity index (χ2v) is 5.11. The van der Waals surface area contributed by atoms with Gasteiger partial charge in [-0.25, -0.2) is 0 Å². The third kappa shape index (κ3) is 5.09. The van der Waals surface area contributed by atoms with Crippen molar-refractivity contribution in [2.24, 2.45) is 16.8 Å². The zero-order chi connectivity index (χ0) is 14.3. The number of nitrogens with two attached hydrogens (primary N) is 1. The van der Waals surface area contributed by atoms with E-state index in [0.29, 0.717) is 23.1 Å². The van der Waals surface area contributed by atoms with Gasteiger partial charge < -0.3 is 15.7 Å². The van der Waals surface area contributed by atoms with Gasteiger partial charge in [-0.2, -0.15) is 0 Å². The lowest BCUT2D eigenvalue weighted by atomic mass is 10.1. The van der Waals surface area contributed by atoms with Crippen LogP contribution in [0.25, 0.3) is 0 Å². The Hall–Kier alpha value is -1.26. The molecule has 4 nitrogen and oxygen atoms in total. The van der Waals surface area contributed by atoms with Crippen LogP contribution in [0.3, 0.4) is 0 Å². The molecule has 1 aromatic rings. The molecule has 0 saturated carbocycles. The maximum atomic E-state index is 8.60. The van der Waals surface area contributed by atoms with Crippen molar-refractivity contribution >= 4 is 17.4 Å². The zero-order valence-electron chi connectivity index (χ0n) is 11.4. The highest BCUT2D eigenvalue weighted by molar-refractivity contribution is 6.31. The Morgan fingerprint density at radius 3 is 2.84 bits per heavy atom. The van der Waals surface area contributed by atoms with E-state index >= 15 is 0 Å². The van der Waals surface area contributed by atoms with Crippen molar-refractivity contribution in [1.29, 1.82) is 0 Å². The molecule has 0 fully saturated rings. The van der Waals surface area contributed by atoms with Gasteiger partial charge in [0.05, 0.1) is 6.61 Å². The highest BCUT2D eigenvalue weighted by Crippen LogP contribution is 2.19. The molecule has 0 aliphatic carbocycles. The molecule has 0 radical (unpaired) electrons.